The molecule has 0 aliphatic heterocycles. The quantitative estimate of drug-likeness (QED) is 0.366. The van der Waals surface area contributed by atoms with Crippen LogP contribution >= 0.6 is 21.4 Å². The highest BCUT2D eigenvalue weighted by Crippen LogP contribution is 1.98. The Morgan fingerprint density at radius 3 is 1.80 bits per heavy atom. The third-order valence-corrected chi connectivity index (χ3v) is 0.223. The van der Waals surface area contributed by atoms with Gasteiger partial charge in [0.1, 0.15) is 0 Å². The van der Waals surface area contributed by atoms with Crippen LogP contribution in [0, 0.1) is 0 Å². The van der Waals surface area contributed by atoms with Crippen molar-refractivity contribution in [2.24, 2.45) is 4.99 Å². The van der Waals surface area contributed by atoms with Crippen LogP contribution in [0.25, 0.3) is 0 Å². The summed E-state index contributed by atoms with van der Waals surface area (Å²) in [6.07, 6.45) is 1.39. The van der Waals surface area contributed by atoms with E-state index in [1.807, 2.05) is 0 Å². The molecule has 0 saturated heterocycles. The molecular formula is C3H5Cl2NO3S. The smallest absolute Gasteiger partial charge is 0.211 e. The third kappa shape index (κ3) is 104. The molecule has 0 aromatic carbocycles. The summed E-state index contributed by atoms with van der Waals surface area (Å²) in [6.45, 7) is 2.33. The van der Waals surface area contributed by atoms with Crippen LogP contribution in [-0.2, 0) is 13.1 Å². The minimum absolute atomic E-state index is 0.545. The van der Waals surface area contributed by atoms with Gasteiger partial charge in [-0.1, -0.05) is 0 Å². The van der Waals surface area contributed by atoms with Gasteiger partial charge in [0, 0.05) is 27.9 Å². The highest BCUT2D eigenvalue weighted by molar-refractivity contribution is 8.31. The molecule has 60 valence electrons. The minimum atomic E-state index is -3.72. The van der Waals surface area contributed by atoms with E-state index in [4.69, 9.17) is 13.2 Å². The van der Waals surface area contributed by atoms with E-state index in [2.05, 4.69) is 26.4 Å². The topological polar surface area (TPSA) is 63.6 Å². The maximum Gasteiger partial charge on any atom is 0.317 e. The molecule has 0 aliphatic carbocycles. The number of isocyanates is 1. The first-order valence-corrected chi connectivity index (χ1v) is 5.23. The second-order valence-electron chi connectivity index (χ2n) is 0.944. The van der Waals surface area contributed by atoms with Crippen LogP contribution in [0.2, 0.25) is 0 Å². The average molecular weight is 206 g/mol. The Labute approximate surface area is 67.8 Å². The SMILES string of the molecule is CCN=C=O.O=S(=O)(Cl)Cl. The van der Waals surface area contributed by atoms with Crippen molar-refractivity contribution >= 4 is 35.7 Å². The molecule has 0 spiro atoms. The van der Waals surface area contributed by atoms with E-state index in [0.717, 1.165) is 0 Å². The zero-order valence-corrected chi connectivity index (χ0v) is 7.37. The number of aliphatic imine (C=N–C) groups is 1. The molecule has 0 radical (unpaired) electrons. The van der Waals surface area contributed by atoms with Crippen LogP contribution in [-0.4, -0.2) is 21.0 Å². The number of rotatable bonds is 1. The number of carbonyl (C=O) groups excluding carboxylic acids is 1. The summed E-state index contributed by atoms with van der Waals surface area (Å²) >= 11 is 0. The predicted molar refractivity (Wildman–Crippen MR) is 39.3 cm³/mol. The van der Waals surface area contributed by atoms with E-state index in [1.54, 1.807) is 6.92 Å². The lowest BCUT2D eigenvalue weighted by Gasteiger charge is -1.61. The van der Waals surface area contributed by atoms with Crippen LogP contribution < -0.4 is 0 Å². The molecule has 0 bridgehead atoms. The minimum Gasteiger partial charge on any atom is -0.211 e. The fraction of sp³-hybridized carbons (Fsp3) is 0.667. The first kappa shape index (κ1) is 12.6. The fourth-order valence-electron chi connectivity index (χ4n) is 0.0645. The average Bonchev–Trinajstić information content (AvgIpc) is 1.63. The van der Waals surface area contributed by atoms with Crippen LogP contribution in [0.5, 0.6) is 0 Å². The maximum atomic E-state index is 9.16. The highest BCUT2D eigenvalue weighted by Gasteiger charge is 1.88. The van der Waals surface area contributed by atoms with Crippen molar-refractivity contribution in [2.75, 3.05) is 6.54 Å². The summed E-state index contributed by atoms with van der Waals surface area (Å²) in [7, 11) is 4.81. The molecule has 0 atom stereocenters. The van der Waals surface area contributed by atoms with Gasteiger partial charge in [-0.25, -0.2) is 9.79 Å². The van der Waals surface area contributed by atoms with Gasteiger partial charge >= 0.3 is 8.26 Å². The molecule has 0 N–H and O–H groups in total. The number of hydrogen-bond acceptors (Lipinski definition) is 4. The van der Waals surface area contributed by atoms with Crippen LogP contribution in [0.1, 0.15) is 6.92 Å². The summed E-state index contributed by atoms with van der Waals surface area (Å²) in [6, 6.07) is 0. The molecule has 0 aromatic rings. The van der Waals surface area contributed by atoms with Crippen molar-refractivity contribution in [3.8, 4) is 0 Å². The van der Waals surface area contributed by atoms with E-state index in [1.165, 1.54) is 6.08 Å². The van der Waals surface area contributed by atoms with Crippen molar-refractivity contribution < 1.29 is 13.2 Å². The number of hydrogen-bond donors (Lipinski definition) is 0. The van der Waals surface area contributed by atoms with Gasteiger partial charge in [0.25, 0.3) is 0 Å². The van der Waals surface area contributed by atoms with Crippen LogP contribution in [0.15, 0.2) is 4.99 Å². The van der Waals surface area contributed by atoms with Gasteiger partial charge in [-0.15, -0.1) is 0 Å². The standard InChI is InChI=1S/C3H5NO.Cl2O2S/c1-2-4-3-5;1-5(2,3)4/h2H2,1H3;. The third-order valence-electron chi connectivity index (χ3n) is 0.223. The molecule has 0 aromatic heterocycles. The first-order chi connectivity index (χ1) is 4.41. The molecule has 0 fully saturated rings. The van der Waals surface area contributed by atoms with Gasteiger partial charge in [-0.3, -0.25) is 0 Å². The van der Waals surface area contributed by atoms with E-state index in [-0.39, 0.29) is 0 Å². The highest BCUT2D eigenvalue weighted by atomic mass is 36.0. The normalized spacial score (nSPS) is 8.70. The lowest BCUT2D eigenvalue weighted by atomic mass is 10.8. The maximum absolute atomic E-state index is 9.16. The number of halogens is 2. The summed E-state index contributed by atoms with van der Waals surface area (Å²) < 4.78 is 18.3. The molecule has 10 heavy (non-hydrogen) atoms. The van der Waals surface area contributed by atoms with Gasteiger partial charge in [-0.05, 0) is 6.92 Å². The summed E-state index contributed by atoms with van der Waals surface area (Å²) in [4.78, 5) is 12.3. The van der Waals surface area contributed by atoms with Crippen molar-refractivity contribution in [3.05, 3.63) is 0 Å². The van der Waals surface area contributed by atoms with Crippen molar-refractivity contribution in [1.29, 1.82) is 0 Å². The molecule has 4 nitrogen and oxygen atoms in total. The summed E-state index contributed by atoms with van der Waals surface area (Å²) in [5.41, 5.74) is 0. The zero-order chi connectivity index (χ0) is 8.62. The van der Waals surface area contributed by atoms with Crippen LogP contribution in [0.4, 0.5) is 0 Å². The lowest BCUT2D eigenvalue weighted by molar-refractivity contribution is 0.563. The second-order valence-corrected chi connectivity index (χ2v) is 4.61. The largest absolute Gasteiger partial charge is 0.317 e. The van der Waals surface area contributed by atoms with Crippen molar-refractivity contribution in [3.63, 3.8) is 0 Å². The first-order valence-electron chi connectivity index (χ1n) is 2.09. The monoisotopic (exact) mass is 205 g/mol. The van der Waals surface area contributed by atoms with Gasteiger partial charge in [0.2, 0.25) is 6.08 Å². The summed E-state index contributed by atoms with van der Waals surface area (Å²) in [5, 5.41) is 0. The van der Waals surface area contributed by atoms with E-state index >= 15 is 0 Å². The van der Waals surface area contributed by atoms with E-state index in [9.17, 15) is 0 Å². The Morgan fingerprint density at radius 1 is 1.50 bits per heavy atom. The molecule has 0 amide bonds. The van der Waals surface area contributed by atoms with Gasteiger partial charge < -0.3 is 0 Å². The molecular weight excluding hydrogens is 201 g/mol. The predicted octanol–water partition coefficient (Wildman–Crippen LogP) is 1.05. The molecule has 7 heteroatoms. The molecule has 0 aliphatic rings. The Morgan fingerprint density at radius 2 is 1.80 bits per heavy atom. The Kier molecular flexibility index (Phi) is 8.83. The molecule has 0 saturated carbocycles. The van der Waals surface area contributed by atoms with E-state index < -0.39 is 8.26 Å². The fourth-order valence-corrected chi connectivity index (χ4v) is 0.0645. The number of nitrogens with zero attached hydrogens (tertiary/aromatic N) is 1. The Bertz CT molecular complexity index is 198. The second kappa shape index (κ2) is 7.02. The lowest BCUT2D eigenvalue weighted by Crippen LogP contribution is -1.63. The molecule has 0 unspecified atom stereocenters. The molecule has 0 rings (SSSR count). The zero-order valence-electron chi connectivity index (χ0n) is 5.04. The van der Waals surface area contributed by atoms with Crippen molar-refractivity contribution in [2.45, 2.75) is 6.92 Å². The van der Waals surface area contributed by atoms with Gasteiger partial charge in [-0.2, -0.15) is 8.42 Å². The van der Waals surface area contributed by atoms with E-state index in [0.29, 0.717) is 6.54 Å². The molecule has 0 heterocycles. The Hall–Kier alpha value is -0.0900. The Balaban J connectivity index is 0. The van der Waals surface area contributed by atoms with Gasteiger partial charge in [0.15, 0.2) is 0 Å². The van der Waals surface area contributed by atoms with Crippen LogP contribution in [0.3, 0.4) is 0 Å². The summed E-state index contributed by atoms with van der Waals surface area (Å²) in [5.74, 6) is 0. The van der Waals surface area contributed by atoms with Crippen molar-refractivity contribution in [1.82, 2.24) is 0 Å². The van der Waals surface area contributed by atoms with Gasteiger partial charge in [0.05, 0.1) is 0 Å².